The Kier molecular flexibility index (Phi) is 4.41. The van der Waals surface area contributed by atoms with Crippen molar-refractivity contribution in [2.24, 2.45) is 0 Å². The molecule has 0 radical (unpaired) electrons. The Balaban J connectivity index is 1.45. The van der Waals surface area contributed by atoms with Gasteiger partial charge in [-0.05, 0) is 31.7 Å². The summed E-state index contributed by atoms with van der Waals surface area (Å²) in [5.74, 6) is 1.86. The number of aromatic nitrogens is 4. The van der Waals surface area contributed by atoms with Crippen molar-refractivity contribution in [3.63, 3.8) is 0 Å². The van der Waals surface area contributed by atoms with E-state index in [1.54, 1.807) is 23.1 Å². The molecule has 0 N–H and O–H groups in total. The van der Waals surface area contributed by atoms with E-state index >= 15 is 0 Å². The normalized spacial score (nSPS) is 14.2. The highest BCUT2D eigenvalue weighted by Crippen LogP contribution is 2.39. The van der Waals surface area contributed by atoms with E-state index in [9.17, 15) is 0 Å². The lowest BCUT2D eigenvalue weighted by Gasteiger charge is -2.05. The van der Waals surface area contributed by atoms with Crippen molar-refractivity contribution in [1.29, 1.82) is 0 Å². The minimum atomic E-state index is 0.616. The first-order chi connectivity index (χ1) is 11.7. The van der Waals surface area contributed by atoms with Gasteiger partial charge in [-0.25, -0.2) is 4.98 Å². The first-order valence-corrected chi connectivity index (χ1v) is 10.2. The van der Waals surface area contributed by atoms with Gasteiger partial charge in [0.15, 0.2) is 5.16 Å². The van der Waals surface area contributed by atoms with Gasteiger partial charge in [-0.2, -0.15) is 0 Å². The standard InChI is InChI=1S/C18H20N4S2/c1-3-13-4-6-14(7-5-13)17-19-15(10-23-17)11-24-18-21-20-12(2)22(18)16-8-9-16/h4-7,10,16H,3,8-9,11H2,1-2H3. The third-order valence-electron chi connectivity index (χ3n) is 4.26. The number of thiazole rings is 1. The van der Waals surface area contributed by atoms with Crippen LogP contribution in [0.15, 0.2) is 34.8 Å². The second-order valence-electron chi connectivity index (χ2n) is 6.11. The monoisotopic (exact) mass is 356 g/mol. The third-order valence-corrected chi connectivity index (χ3v) is 6.17. The predicted octanol–water partition coefficient (Wildman–Crippen LogP) is 4.90. The highest BCUT2D eigenvalue weighted by Gasteiger charge is 2.28. The molecule has 4 rings (SSSR count). The van der Waals surface area contributed by atoms with E-state index in [1.165, 1.54) is 24.0 Å². The molecule has 24 heavy (non-hydrogen) atoms. The lowest BCUT2D eigenvalue weighted by molar-refractivity contribution is 0.644. The number of thioether (sulfide) groups is 1. The SMILES string of the molecule is CCc1ccc(-c2nc(CSc3nnc(C)n3C3CC3)cs2)cc1. The van der Waals surface area contributed by atoms with Gasteiger partial charge in [0, 0.05) is 22.7 Å². The zero-order valence-corrected chi connectivity index (χ0v) is 15.5. The number of nitrogens with zero attached hydrogens (tertiary/aromatic N) is 4. The van der Waals surface area contributed by atoms with Crippen molar-refractivity contribution in [1.82, 2.24) is 19.7 Å². The van der Waals surface area contributed by atoms with E-state index in [0.29, 0.717) is 6.04 Å². The highest BCUT2D eigenvalue weighted by molar-refractivity contribution is 7.98. The van der Waals surface area contributed by atoms with E-state index in [-0.39, 0.29) is 0 Å². The smallest absolute Gasteiger partial charge is 0.191 e. The molecule has 2 heterocycles. The molecular weight excluding hydrogens is 336 g/mol. The lowest BCUT2D eigenvalue weighted by Crippen LogP contribution is -1.99. The largest absolute Gasteiger partial charge is 0.303 e. The van der Waals surface area contributed by atoms with Crippen LogP contribution in [0.25, 0.3) is 10.6 Å². The first-order valence-electron chi connectivity index (χ1n) is 8.32. The molecule has 0 atom stereocenters. The second kappa shape index (κ2) is 6.69. The Bertz CT molecular complexity index is 831. The minimum absolute atomic E-state index is 0.616. The van der Waals surface area contributed by atoms with Gasteiger partial charge in [-0.15, -0.1) is 21.5 Å². The summed E-state index contributed by atoms with van der Waals surface area (Å²) in [5, 5.41) is 12.8. The fourth-order valence-electron chi connectivity index (χ4n) is 2.73. The van der Waals surface area contributed by atoms with Crippen molar-refractivity contribution in [2.75, 3.05) is 0 Å². The molecule has 4 nitrogen and oxygen atoms in total. The van der Waals surface area contributed by atoms with Gasteiger partial charge in [0.25, 0.3) is 0 Å². The van der Waals surface area contributed by atoms with Crippen molar-refractivity contribution >= 4 is 23.1 Å². The van der Waals surface area contributed by atoms with Gasteiger partial charge in [-0.1, -0.05) is 43.0 Å². The Morgan fingerprint density at radius 2 is 2.00 bits per heavy atom. The summed E-state index contributed by atoms with van der Waals surface area (Å²) in [6.45, 7) is 4.21. The lowest BCUT2D eigenvalue weighted by atomic mass is 10.1. The molecule has 0 bridgehead atoms. The minimum Gasteiger partial charge on any atom is -0.303 e. The Morgan fingerprint density at radius 3 is 2.71 bits per heavy atom. The molecule has 1 fully saturated rings. The second-order valence-corrected chi connectivity index (χ2v) is 7.91. The van der Waals surface area contributed by atoms with Crippen molar-refractivity contribution in [3.05, 3.63) is 46.7 Å². The molecular formula is C18H20N4S2. The average Bonchev–Trinajstić information content (AvgIpc) is 3.21. The van der Waals surface area contributed by atoms with Crippen LogP contribution >= 0.6 is 23.1 Å². The van der Waals surface area contributed by atoms with Crippen LogP contribution in [0.3, 0.4) is 0 Å². The maximum absolute atomic E-state index is 4.79. The highest BCUT2D eigenvalue weighted by atomic mass is 32.2. The van der Waals surface area contributed by atoms with Crippen LogP contribution in [-0.2, 0) is 12.2 Å². The maximum Gasteiger partial charge on any atom is 0.191 e. The summed E-state index contributed by atoms with van der Waals surface area (Å²) in [6, 6.07) is 9.33. The van der Waals surface area contributed by atoms with Gasteiger partial charge in [0.1, 0.15) is 10.8 Å². The molecule has 1 aromatic carbocycles. The Morgan fingerprint density at radius 1 is 1.21 bits per heavy atom. The van der Waals surface area contributed by atoms with Gasteiger partial charge in [-0.3, -0.25) is 0 Å². The van der Waals surface area contributed by atoms with Gasteiger partial charge >= 0.3 is 0 Å². The summed E-state index contributed by atoms with van der Waals surface area (Å²) < 4.78 is 2.28. The molecule has 6 heteroatoms. The molecule has 0 spiro atoms. The van der Waals surface area contributed by atoms with Crippen LogP contribution in [0.2, 0.25) is 0 Å². The molecule has 2 aromatic heterocycles. The quantitative estimate of drug-likeness (QED) is 0.589. The van der Waals surface area contributed by atoms with Crippen LogP contribution in [0.1, 0.15) is 42.9 Å². The maximum atomic E-state index is 4.79. The number of rotatable bonds is 6. The summed E-state index contributed by atoms with van der Waals surface area (Å²) in [4.78, 5) is 4.79. The molecule has 1 aliphatic rings. The molecule has 0 amide bonds. The van der Waals surface area contributed by atoms with Gasteiger partial charge in [0.2, 0.25) is 0 Å². The van der Waals surface area contributed by atoms with Crippen LogP contribution in [0.5, 0.6) is 0 Å². The van der Waals surface area contributed by atoms with E-state index in [0.717, 1.165) is 33.9 Å². The molecule has 3 aromatic rings. The Labute approximate surface area is 150 Å². The fraction of sp³-hybridized carbons (Fsp3) is 0.389. The van der Waals surface area contributed by atoms with Crippen LogP contribution < -0.4 is 0 Å². The first kappa shape index (κ1) is 15.8. The summed E-state index contributed by atoms with van der Waals surface area (Å²) in [5.41, 5.74) is 3.67. The van der Waals surface area contributed by atoms with Crippen LogP contribution in [0, 0.1) is 6.92 Å². The number of hydrogen-bond donors (Lipinski definition) is 0. The number of benzene rings is 1. The predicted molar refractivity (Wildman–Crippen MR) is 99.5 cm³/mol. The number of hydrogen-bond acceptors (Lipinski definition) is 5. The van der Waals surface area contributed by atoms with E-state index in [4.69, 9.17) is 4.98 Å². The van der Waals surface area contributed by atoms with Crippen LogP contribution in [-0.4, -0.2) is 19.7 Å². The molecule has 0 aliphatic heterocycles. The third kappa shape index (κ3) is 3.26. The molecule has 1 aliphatic carbocycles. The van der Waals surface area contributed by atoms with Crippen molar-refractivity contribution < 1.29 is 0 Å². The molecule has 0 unspecified atom stereocenters. The summed E-state index contributed by atoms with van der Waals surface area (Å²) in [7, 11) is 0. The summed E-state index contributed by atoms with van der Waals surface area (Å²) >= 11 is 3.45. The Hall–Kier alpha value is -1.66. The molecule has 124 valence electrons. The molecule has 0 saturated heterocycles. The van der Waals surface area contributed by atoms with Crippen molar-refractivity contribution in [2.45, 2.75) is 50.1 Å². The van der Waals surface area contributed by atoms with Crippen molar-refractivity contribution in [3.8, 4) is 10.6 Å². The molecule has 1 saturated carbocycles. The zero-order chi connectivity index (χ0) is 16.5. The number of aryl methyl sites for hydroxylation is 2. The van der Waals surface area contributed by atoms with Gasteiger partial charge in [0.05, 0.1) is 5.69 Å². The van der Waals surface area contributed by atoms with E-state index in [1.807, 2.05) is 6.92 Å². The summed E-state index contributed by atoms with van der Waals surface area (Å²) in [6.07, 6.45) is 3.57. The van der Waals surface area contributed by atoms with Gasteiger partial charge < -0.3 is 4.57 Å². The zero-order valence-electron chi connectivity index (χ0n) is 13.9. The fourth-order valence-corrected chi connectivity index (χ4v) is 4.60. The topological polar surface area (TPSA) is 43.6 Å². The van der Waals surface area contributed by atoms with E-state index in [2.05, 4.69) is 51.3 Å². The average molecular weight is 357 g/mol. The van der Waals surface area contributed by atoms with Crippen LogP contribution in [0.4, 0.5) is 0 Å². The van der Waals surface area contributed by atoms with E-state index < -0.39 is 0 Å².